The average molecular weight is 488 g/mol. The number of halogens is 1. The number of carbonyl (C=O) groups excluding carboxylic acids is 1. The Morgan fingerprint density at radius 2 is 2.03 bits per heavy atom. The third-order valence-electron chi connectivity index (χ3n) is 6.26. The highest BCUT2D eigenvalue weighted by Crippen LogP contribution is 2.38. The second kappa shape index (κ2) is 8.95. The summed E-state index contributed by atoms with van der Waals surface area (Å²) in [7, 11) is 0. The SMILES string of the molecule is CCCN(C(C)=O)c1c(C(C)n2nc(-c3cc(O)cc(F)c3)c3c(N)ncnc32)cc2ccccn12. The molecule has 9 nitrogen and oxygen atoms in total. The van der Waals surface area contributed by atoms with Crippen LogP contribution in [-0.2, 0) is 4.79 Å². The van der Waals surface area contributed by atoms with Crippen LogP contribution >= 0.6 is 0 Å². The third kappa shape index (κ3) is 3.80. The molecule has 0 bridgehead atoms. The van der Waals surface area contributed by atoms with Gasteiger partial charge >= 0.3 is 0 Å². The molecule has 36 heavy (non-hydrogen) atoms. The predicted molar refractivity (Wildman–Crippen MR) is 136 cm³/mol. The van der Waals surface area contributed by atoms with Crippen molar-refractivity contribution < 1.29 is 14.3 Å². The van der Waals surface area contributed by atoms with E-state index in [9.17, 15) is 14.3 Å². The van der Waals surface area contributed by atoms with Crippen LogP contribution in [0.2, 0.25) is 0 Å². The number of hydrogen-bond acceptors (Lipinski definition) is 6. The van der Waals surface area contributed by atoms with Crippen molar-refractivity contribution in [2.75, 3.05) is 17.2 Å². The molecule has 1 unspecified atom stereocenters. The van der Waals surface area contributed by atoms with Crippen molar-refractivity contribution in [3.8, 4) is 17.0 Å². The summed E-state index contributed by atoms with van der Waals surface area (Å²) >= 11 is 0. The summed E-state index contributed by atoms with van der Waals surface area (Å²) in [5.41, 5.74) is 9.18. The number of amides is 1. The Labute approximate surface area is 206 Å². The monoisotopic (exact) mass is 487 g/mol. The second-order valence-corrected chi connectivity index (χ2v) is 8.71. The van der Waals surface area contributed by atoms with Gasteiger partial charge in [0.05, 0.1) is 11.4 Å². The van der Waals surface area contributed by atoms with E-state index in [0.717, 1.165) is 29.4 Å². The summed E-state index contributed by atoms with van der Waals surface area (Å²) in [5.74, 6) is 0.0449. The molecule has 0 fully saturated rings. The van der Waals surface area contributed by atoms with Crippen molar-refractivity contribution in [3.05, 3.63) is 66.4 Å². The van der Waals surface area contributed by atoms with Crippen LogP contribution in [0.15, 0.2) is 55.0 Å². The molecule has 1 aromatic carbocycles. The molecule has 10 heteroatoms. The molecule has 0 spiro atoms. The second-order valence-electron chi connectivity index (χ2n) is 8.71. The van der Waals surface area contributed by atoms with Crippen molar-refractivity contribution in [3.63, 3.8) is 0 Å². The van der Waals surface area contributed by atoms with E-state index in [1.54, 1.807) is 16.5 Å². The van der Waals surface area contributed by atoms with Crippen LogP contribution in [0.5, 0.6) is 5.75 Å². The topological polar surface area (TPSA) is 115 Å². The molecule has 5 aromatic rings. The molecule has 1 atom stereocenters. The molecule has 0 saturated carbocycles. The highest BCUT2D eigenvalue weighted by Gasteiger charge is 2.27. The Balaban J connectivity index is 1.76. The fourth-order valence-electron chi connectivity index (χ4n) is 4.67. The van der Waals surface area contributed by atoms with Crippen LogP contribution in [0.1, 0.15) is 38.8 Å². The van der Waals surface area contributed by atoms with Gasteiger partial charge in [-0.1, -0.05) is 13.0 Å². The lowest BCUT2D eigenvalue weighted by Crippen LogP contribution is -2.31. The molecular formula is C26H26FN7O2. The van der Waals surface area contributed by atoms with Gasteiger partial charge in [-0.05, 0) is 43.7 Å². The lowest BCUT2D eigenvalue weighted by molar-refractivity contribution is -0.116. The van der Waals surface area contributed by atoms with E-state index in [1.165, 1.54) is 18.5 Å². The fourth-order valence-corrected chi connectivity index (χ4v) is 4.67. The maximum atomic E-state index is 14.2. The van der Waals surface area contributed by atoms with Crippen molar-refractivity contribution >= 4 is 34.1 Å². The highest BCUT2D eigenvalue weighted by atomic mass is 19.1. The molecule has 0 aliphatic heterocycles. The van der Waals surface area contributed by atoms with Gasteiger partial charge in [0.25, 0.3) is 0 Å². The van der Waals surface area contributed by atoms with Gasteiger partial charge in [-0.15, -0.1) is 0 Å². The normalized spacial score (nSPS) is 12.3. The van der Waals surface area contributed by atoms with Gasteiger partial charge < -0.3 is 15.2 Å². The van der Waals surface area contributed by atoms with E-state index < -0.39 is 5.82 Å². The Kier molecular flexibility index (Phi) is 5.79. The van der Waals surface area contributed by atoms with Gasteiger partial charge in [0.2, 0.25) is 5.91 Å². The number of nitrogen functional groups attached to an aromatic ring is 1. The highest BCUT2D eigenvalue weighted by molar-refractivity contribution is 5.98. The van der Waals surface area contributed by atoms with Crippen molar-refractivity contribution in [2.24, 2.45) is 0 Å². The number of benzene rings is 1. The Morgan fingerprint density at radius 3 is 2.75 bits per heavy atom. The van der Waals surface area contributed by atoms with Crippen molar-refractivity contribution in [2.45, 2.75) is 33.2 Å². The molecule has 1 amide bonds. The number of aromatic nitrogens is 5. The number of fused-ring (bicyclic) bond motifs is 2. The summed E-state index contributed by atoms with van der Waals surface area (Å²) in [6, 6.07) is 11.2. The van der Waals surface area contributed by atoms with Crippen molar-refractivity contribution in [1.29, 1.82) is 0 Å². The minimum atomic E-state index is -0.603. The summed E-state index contributed by atoms with van der Waals surface area (Å²) in [4.78, 5) is 23.0. The molecule has 5 rings (SSSR count). The molecule has 0 saturated heterocycles. The number of hydrogen-bond donors (Lipinski definition) is 2. The first kappa shape index (κ1) is 23.3. The number of phenolic OH excluding ortho intramolecular Hbond substituents is 1. The van der Waals surface area contributed by atoms with Crippen LogP contribution in [0.25, 0.3) is 27.8 Å². The first-order valence-electron chi connectivity index (χ1n) is 11.7. The van der Waals surface area contributed by atoms with E-state index in [4.69, 9.17) is 10.8 Å². The summed E-state index contributed by atoms with van der Waals surface area (Å²) < 4.78 is 17.8. The van der Waals surface area contributed by atoms with E-state index in [-0.39, 0.29) is 23.5 Å². The quantitative estimate of drug-likeness (QED) is 0.363. The maximum absolute atomic E-state index is 14.2. The van der Waals surface area contributed by atoms with Gasteiger partial charge in [0, 0.05) is 42.4 Å². The summed E-state index contributed by atoms with van der Waals surface area (Å²) in [6.07, 6.45) is 4.06. The van der Waals surface area contributed by atoms with Crippen molar-refractivity contribution in [1.82, 2.24) is 24.1 Å². The number of pyridine rings is 1. The van der Waals surface area contributed by atoms with E-state index >= 15 is 0 Å². The number of aromatic hydroxyl groups is 1. The maximum Gasteiger partial charge on any atom is 0.224 e. The van der Waals surface area contributed by atoms with Crippen LogP contribution in [-0.4, -0.2) is 41.7 Å². The molecule has 3 N–H and O–H groups in total. The Morgan fingerprint density at radius 1 is 1.22 bits per heavy atom. The molecule has 4 heterocycles. The minimum absolute atomic E-state index is 0.0676. The smallest absolute Gasteiger partial charge is 0.224 e. The average Bonchev–Trinajstić information content (AvgIpc) is 3.41. The standard InChI is InChI=1S/C26H26FN7O2/c1-4-8-32(16(3)35)26-21(13-19-7-5-6-9-33(19)26)15(2)34-25-22(24(28)29-14-30-25)23(31-34)17-10-18(27)12-20(36)11-17/h5-7,9-15,36H,4,8H2,1-3H3,(H2,28,29,30). The van der Waals surface area contributed by atoms with Gasteiger partial charge in [0.1, 0.15) is 35.2 Å². The van der Waals surface area contributed by atoms with Crippen LogP contribution in [0.3, 0.4) is 0 Å². The molecule has 0 radical (unpaired) electrons. The molecular weight excluding hydrogens is 461 g/mol. The van der Waals surface area contributed by atoms with Crippen LogP contribution in [0.4, 0.5) is 16.0 Å². The molecule has 184 valence electrons. The lowest BCUT2D eigenvalue weighted by Gasteiger charge is -2.24. The minimum Gasteiger partial charge on any atom is -0.508 e. The first-order chi connectivity index (χ1) is 17.3. The summed E-state index contributed by atoms with van der Waals surface area (Å²) in [6.45, 7) is 6.09. The van der Waals surface area contributed by atoms with Gasteiger partial charge in [-0.25, -0.2) is 19.0 Å². The summed E-state index contributed by atoms with van der Waals surface area (Å²) in [5, 5.41) is 15.2. The lowest BCUT2D eigenvalue weighted by atomic mass is 10.1. The third-order valence-corrected chi connectivity index (χ3v) is 6.26. The largest absolute Gasteiger partial charge is 0.508 e. The molecule has 0 aliphatic rings. The van der Waals surface area contributed by atoms with Crippen LogP contribution < -0.4 is 10.6 Å². The van der Waals surface area contributed by atoms with Gasteiger partial charge in [0.15, 0.2) is 5.65 Å². The molecule has 0 aliphatic carbocycles. The number of nitrogens with two attached hydrogens (primary N) is 1. The molecule has 4 aromatic heterocycles. The van der Waals surface area contributed by atoms with Crippen LogP contribution in [0, 0.1) is 5.82 Å². The first-order valence-corrected chi connectivity index (χ1v) is 11.7. The Bertz CT molecular complexity index is 1590. The fraction of sp³-hybridized carbons (Fsp3) is 0.231. The zero-order valence-electron chi connectivity index (χ0n) is 20.2. The van der Waals surface area contributed by atoms with E-state index in [2.05, 4.69) is 9.97 Å². The van der Waals surface area contributed by atoms with Gasteiger partial charge in [-0.2, -0.15) is 5.10 Å². The number of rotatable bonds is 6. The Hall–Kier alpha value is -4.47. The number of carbonyl (C=O) groups is 1. The zero-order valence-corrected chi connectivity index (χ0v) is 20.2. The number of nitrogens with zero attached hydrogens (tertiary/aromatic N) is 6. The van der Waals surface area contributed by atoms with E-state index in [0.29, 0.717) is 28.8 Å². The zero-order chi connectivity index (χ0) is 25.6. The predicted octanol–water partition coefficient (Wildman–Crippen LogP) is 4.55. The van der Waals surface area contributed by atoms with E-state index in [1.807, 2.05) is 48.7 Å². The number of anilines is 2. The van der Waals surface area contributed by atoms with Gasteiger partial charge in [-0.3, -0.25) is 9.69 Å². The number of phenols is 1.